The maximum absolute atomic E-state index is 11.1. The number of hydrogen-bond acceptors (Lipinski definition) is 7. The summed E-state index contributed by atoms with van der Waals surface area (Å²) in [5, 5.41) is 13.1. The van der Waals surface area contributed by atoms with Crippen molar-refractivity contribution in [2.75, 3.05) is 0 Å². The number of nitrogens with zero attached hydrogens (tertiary/aromatic N) is 2. The van der Waals surface area contributed by atoms with Gasteiger partial charge in [-0.05, 0) is 38.1 Å². The van der Waals surface area contributed by atoms with E-state index in [1.54, 1.807) is 12.1 Å². The number of nitrogen functional groups attached to an aromatic ring is 1. The van der Waals surface area contributed by atoms with Crippen molar-refractivity contribution >= 4 is 24.1 Å². The van der Waals surface area contributed by atoms with Gasteiger partial charge in [-0.3, -0.25) is 20.7 Å². The smallest absolute Gasteiger partial charge is 0.300 e. The number of H-pyrrole nitrogens is 1. The highest BCUT2D eigenvalue weighted by molar-refractivity contribution is 5.91. The lowest BCUT2D eigenvalue weighted by atomic mass is 10.2. The van der Waals surface area contributed by atoms with Crippen LogP contribution in [0.25, 0.3) is 34.2 Å². The molecule has 2 aromatic carbocycles. The predicted molar refractivity (Wildman–Crippen MR) is 145 cm³/mol. The van der Waals surface area contributed by atoms with E-state index >= 15 is 0 Å². The molecule has 7 N–H and O–H groups in total. The van der Waals surface area contributed by atoms with E-state index < -0.39 is 5.91 Å². The number of halogens is 1. The number of carbonyl (C=O) groups is 1. The highest BCUT2D eigenvalue weighted by atomic mass is 35.5. The fourth-order valence-electron chi connectivity index (χ4n) is 2.96. The summed E-state index contributed by atoms with van der Waals surface area (Å²) in [6.45, 7) is 3.39. The largest absolute Gasteiger partial charge is 0.453 e. The topological polar surface area (TPSA) is 173 Å². The molecule has 0 saturated heterocycles. The molecule has 0 radical (unpaired) electrons. The lowest BCUT2D eigenvalue weighted by molar-refractivity contribution is 0.0927. The number of amidine groups is 1. The average Bonchev–Trinajstić information content (AvgIpc) is 3.65. The number of aromatic amines is 1. The number of rotatable bonds is 4. The SMILES string of the molecule is CC(=N)N.Cc1nc(-c2ccc(-c3ccccc3)o2)n[nH]1.Cl.NNC(=O)c1ccc(-c2ccccc2)o1. The average molecular weight is 522 g/mol. The Kier molecular flexibility index (Phi) is 10.8. The molecule has 3 aromatic heterocycles. The first-order valence-corrected chi connectivity index (χ1v) is 10.9. The molecule has 1 amide bonds. The predicted octanol–water partition coefficient (Wildman–Crippen LogP) is 4.95. The molecule has 0 saturated carbocycles. The Labute approximate surface area is 220 Å². The van der Waals surface area contributed by atoms with Crippen LogP contribution in [0, 0.1) is 12.3 Å². The molecule has 192 valence electrons. The molecule has 0 spiro atoms. The van der Waals surface area contributed by atoms with E-state index in [9.17, 15) is 4.79 Å². The third-order valence-corrected chi connectivity index (χ3v) is 4.50. The van der Waals surface area contributed by atoms with E-state index in [4.69, 9.17) is 25.8 Å². The van der Waals surface area contributed by atoms with Crippen LogP contribution in [0.1, 0.15) is 23.3 Å². The van der Waals surface area contributed by atoms with E-state index in [2.05, 4.69) is 15.2 Å². The van der Waals surface area contributed by atoms with Crippen LogP contribution in [0.2, 0.25) is 0 Å². The second-order valence-corrected chi connectivity index (χ2v) is 7.46. The highest BCUT2D eigenvalue weighted by Gasteiger charge is 2.11. The molecule has 11 heteroatoms. The van der Waals surface area contributed by atoms with Crippen LogP contribution < -0.4 is 17.0 Å². The van der Waals surface area contributed by atoms with Crippen molar-refractivity contribution in [1.82, 2.24) is 20.6 Å². The maximum Gasteiger partial charge on any atom is 0.300 e. The van der Waals surface area contributed by atoms with Gasteiger partial charge in [-0.15, -0.1) is 12.4 Å². The molecule has 5 aromatic rings. The van der Waals surface area contributed by atoms with Crippen molar-refractivity contribution in [3.8, 4) is 34.2 Å². The van der Waals surface area contributed by atoms with Crippen molar-refractivity contribution in [3.05, 3.63) is 96.5 Å². The highest BCUT2D eigenvalue weighted by Crippen LogP contribution is 2.26. The molecular weight excluding hydrogens is 494 g/mol. The number of amides is 1. The minimum atomic E-state index is -0.433. The first-order chi connectivity index (χ1) is 17.4. The zero-order chi connectivity index (χ0) is 25.9. The van der Waals surface area contributed by atoms with Crippen molar-refractivity contribution in [1.29, 1.82) is 5.41 Å². The fraction of sp³-hybridized carbons (Fsp3) is 0.0769. The molecule has 0 aliphatic heterocycles. The molecule has 5 rings (SSSR count). The summed E-state index contributed by atoms with van der Waals surface area (Å²) >= 11 is 0. The summed E-state index contributed by atoms with van der Waals surface area (Å²) in [5.74, 6) is 8.44. The number of hydrogen-bond donors (Lipinski definition) is 5. The summed E-state index contributed by atoms with van der Waals surface area (Å²) in [5.41, 5.74) is 8.68. The van der Waals surface area contributed by atoms with Gasteiger partial charge in [0.05, 0.1) is 5.84 Å². The summed E-state index contributed by atoms with van der Waals surface area (Å²) in [6.07, 6.45) is 0. The second-order valence-electron chi connectivity index (χ2n) is 7.46. The standard InChI is InChI=1S/C13H11N3O.C11H10N2O2.C2H6N2.ClH/c1-9-14-13(16-15-9)12-8-7-11(17-12)10-5-3-2-4-6-10;12-13-11(14)10-7-6-9(15-10)8-4-2-1-3-5-8;1-2(3)4;/h2-8H,1H3,(H,14,15,16);1-7H,12H2,(H,13,14);1H3,(H3,3,4);1H. The van der Waals surface area contributed by atoms with Crippen LogP contribution in [0.5, 0.6) is 0 Å². The van der Waals surface area contributed by atoms with Crippen LogP contribution in [0.4, 0.5) is 0 Å². The van der Waals surface area contributed by atoms with Gasteiger partial charge in [-0.1, -0.05) is 60.7 Å². The van der Waals surface area contributed by atoms with Gasteiger partial charge in [0.25, 0.3) is 0 Å². The molecule has 0 atom stereocenters. The fourth-order valence-corrected chi connectivity index (χ4v) is 2.96. The summed E-state index contributed by atoms with van der Waals surface area (Å²) in [4.78, 5) is 15.4. The van der Waals surface area contributed by atoms with E-state index in [0.29, 0.717) is 17.3 Å². The van der Waals surface area contributed by atoms with Gasteiger partial charge < -0.3 is 14.6 Å². The van der Waals surface area contributed by atoms with Crippen molar-refractivity contribution < 1.29 is 13.6 Å². The zero-order valence-corrected chi connectivity index (χ0v) is 21.1. The van der Waals surface area contributed by atoms with Gasteiger partial charge in [0.2, 0.25) is 5.82 Å². The number of furan rings is 2. The number of nitrogens with one attached hydrogen (secondary N) is 3. The molecule has 37 heavy (non-hydrogen) atoms. The van der Waals surface area contributed by atoms with Crippen LogP contribution in [0.3, 0.4) is 0 Å². The quantitative estimate of drug-likeness (QED) is 0.0730. The zero-order valence-electron chi connectivity index (χ0n) is 20.3. The Balaban J connectivity index is 0.000000224. The minimum Gasteiger partial charge on any atom is -0.453 e. The second kappa shape index (κ2) is 14.0. The van der Waals surface area contributed by atoms with E-state index in [0.717, 1.165) is 22.7 Å². The van der Waals surface area contributed by atoms with Crippen molar-refractivity contribution in [2.45, 2.75) is 13.8 Å². The van der Waals surface area contributed by atoms with Gasteiger partial charge in [0.1, 0.15) is 17.3 Å². The minimum absolute atomic E-state index is 0. The molecule has 0 aliphatic carbocycles. The number of nitrogens with two attached hydrogens (primary N) is 2. The Morgan fingerprint density at radius 1 is 0.865 bits per heavy atom. The monoisotopic (exact) mass is 521 g/mol. The summed E-state index contributed by atoms with van der Waals surface area (Å²) in [6, 6.07) is 26.6. The third kappa shape index (κ3) is 8.49. The molecule has 0 bridgehead atoms. The van der Waals surface area contributed by atoms with Gasteiger partial charge in [-0.2, -0.15) is 5.10 Å². The van der Waals surface area contributed by atoms with Crippen LogP contribution in [-0.4, -0.2) is 26.9 Å². The lowest BCUT2D eigenvalue weighted by Gasteiger charge is -1.96. The van der Waals surface area contributed by atoms with Gasteiger partial charge in [0.15, 0.2) is 11.5 Å². The Morgan fingerprint density at radius 2 is 1.35 bits per heavy atom. The Bertz CT molecular complexity index is 1390. The number of benzene rings is 2. The molecule has 0 fully saturated rings. The molecular formula is C26H28ClN7O3. The third-order valence-electron chi connectivity index (χ3n) is 4.50. The van der Waals surface area contributed by atoms with Crippen molar-refractivity contribution in [2.24, 2.45) is 11.6 Å². The first kappa shape index (κ1) is 28.6. The van der Waals surface area contributed by atoms with Gasteiger partial charge in [0, 0.05) is 11.1 Å². The van der Waals surface area contributed by atoms with Crippen LogP contribution in [-0.2, 0) is 0 Å². The number of aryl methyl sites for hydroxylation is 1. The summed E-state index contributed by atoms with van der Waals surface area (Å²) in [7, 11) is 0. The Hall–Kier alpha value is -4.67. The molecule has 0 aliphatic rings. The molecule has 10 nitrogen and oxygen atoms in total. The van der Waals surface area contributed by atoms with Gasteiger partial charge >= 0.3 is 5.91 Å². The molecule has 0 unspecified atom stereocenters. The lowest BCUT2D eigenvalue weighted by Crippen LogP contribution is -2.29. The van der Waals surface area contributed by atoms with Gasteiger partial charge in [-0.25, -0.2) is 10.8 Å². The number of aromatic nitrogens is 3. The van der Waals surface area contributed by atoms with Crippen LogP contribution >= 0.6 is 12.4 Å². The normalized spacial score (nSPS) is 9.59. The maximum atomic E-state index is 11.1. The first-order valence-electron chi connectivity index (χ1n) is 10.9. The van der Waals surface area contributed by atoms with Crippen LogP contribution in [0.15, 0.2) is 93.8 Å². The van der Waals surface area contributed by atoms with E-state index in [-0.39, 0.29) is 24.0 Å². The Morgan fingerprint density at radius 3 is 1.84 bits per heavy atom. The van der Waals surface area contributed by atoms with E-state index in [1.807, 2.05) is 85.1 Å². The molecule has 3 heterocycles. The number of carbonyl (C=O) groups excluding carboxylic acids is 1. The number of hydrazine groups is 1. The van der Waals surface area contributed by atoms with Crippen molar-refractivity contribution in [3.63, 3.8) is 0 Å². The summed E-state index contributed by atoms with van der Waals surface area (Å²) < 4.78 is 11.1. The van der Waals surface area contributed by atoms with E-state index in [1.165, 1.54) is 6.92 Å².